The Morgan fingerprint density at radius 2 is 2.03 bits per heavy atom. The molecule has 0 amide bonds. The highest BCUT2D eigenvalue weighted by Crippen LogP contribution is 2.66. The zero-order valence-electron chi connectivity index (χ0n) is 19.2. The second-order valence-electron chi connectivity index (χ2n) is 10.9. The minimum Gasteiger partial charge on any atom is -0.504 e. The number of hydrogen-bond acceptors (Lipinski definition) is 5. The summed E-state index contributed by atoms with van der Waals surface area (Å²) < 4.78 is 13.5. The van der Waals surface area contributed by atoms with Gasteiger partial charge in [-0.15, -0.1) is 0 Å². The first-order valence-corrected chi connectivity index (χ1v) is 12.5. The molecule has 33 heavy (non-hydrogen) atoms. The Balaban J connectivity index is 1.40. The Hall–Kier alpha value is -2.37. The Labute approximate surface area is 194 Å². The van der Waals surface area contributed by atoms with Gasteiger partial charge in [0.25, 0.3) is 0 Å². The van der Waals surface area contributed by atoms with Gasteiger partial charge < -0.3 is 14.6 Å². The van der Waals surface area contributed by atoms with E-state index in [1.165, 1.54) is 29.5 Å². The summed E-state index contributed by atoms with van der Waals surface area (Å²) in [6.45, 7) is 4.74. The number of phenolic OH excluding ortho intramolecular Hbond substituents is 1. The number of ether oxygens (including phenoxy) is 2. The maximum Gasteiger partial charge on any atom is 0.174 e. The first kappa shape index (κ1) is 20.0. The normalized spacial score (nSPS) is 34.2. The van der Waals surface area contributed by atoms with Crippen molar-refractivity contribution in [1.82, 2.24) is 4.90 Å². The second kappa shape index (κ2) is 6.83. The molecule has 0 aromatic heterocycles. The van der Waals surface area contributed by atoms with Crippen molar-refractivity contribution in [3.05, 3.63) is 58.7 Å². The van der Waals surface area contributed by atoms with Crippen LogP contribution in [0.3, 0.4) is 0 Å². The number of carbonyl (C=O) groups excluding carboxylic acids is 1. The number of likely N-dealkylation sites (tertiary alicyclic amines) is 1. The van der Waals surface area contributed by atoms with Gasteiger partial charge in [0.15, 0.2) is 23.4 Å². The molecule has 3 fully saturated rings. The van der Waals surface area contributed by atoms with Gasteiger partial charge in [-0.25, -0.2) is 0 Å². The number of ketones is 1. The molecule has 2 aromatic carbocycles. The number of rotatable bonds is 5. The van der Waals surface area contributed by atoms with Crippen molar-refractivity contribution in [1.29, 1.82) is 0 Å². The minimum atomic E-state index is -0.559. The number of Topliss-reactive ketones (excluding diaryl/α,β-unsaturated/α-hetero) is 1. The van der Waals surface area contributed by atoms with Crippen molar-refractivity contribution in [3.63, 3.8) is 0 Å². The lowest BCUT2D eigenvalue weighted by Gasteiger charge is -2.64. The van der Waals surface area contributed by atoms with Crippen molar-refractivity contribution in [3.8, 4) is 11.5 Å². The summed E-state index contributed by atoms with van der Waals surface area (Å²) in [5, 5.41) is 10.7. The lowest BCUT2D eigenvalue weighted by molar-refractivity contribution is -0.218. The molecule has 2 aliphatic heterocycles. The monoisotopic (exact) mass is 445 g/mol. The predicted octanol–water partition coefficient (Wildman–Crippen LogP) is 4.06. The van der Waals surface area contributed by atoms with E-state index in [1.54, 1.807) is 6.07 Å². The molecule has 0 radical (unpaired) electrons. The number of aryl methyl sites for hydroxylation is 1. The molecular formula is C28H31NO4. The zero-order chi connectivity index (χ0) is 22.4. The van der Waals surface area contributed by atoms with Gasteiger partial charge in [0.05, 0.1) is 17.6 Å². The summed E-state index contributed by atoms with van der Waals surface area (Å²) in [5.74, 6) is 1.63. The highest BCUT2D eigenvalue weighted by molar-refractivity contribution is 5.90. The molecule has 172 valence electrons. The van der Waals surface area contributed by atoms with Crippen molar-refractivity contribution in [2.75, 3.05) is 13.1 Å². The summed E-state index contributed by atoms with van der Waals surface area (Å²) >= 11 is 0. The smallest absolute Gasteiger partial charge is 0.174 e. The van der Waals surface area contributed by atoms with Gasteiger partial charge in [0.2, 0.25) is 0 Å². The number of aromatic hydroxyl groups is 1. The van der Waals surface area contributed by atoms with Crippen LogP contribution in [0.25, 0.3) is 0 Å². The summed E-state index contributed by atoms with van der Waals surface area (Å²) in [7, 11) is 0. The number of phenols is 1. The van der Waals surface area contributed by atoms with Crippen LogP contribution in [0.5, 0.6) is 11.5 Å². The Morgan fingerprint density at radius 1 is 1.18 bits per heavy atom. The van der Waals surface area contributed by atoms with Crippen molar-refractivity contribution in [2.24, 2.45) is 5.92 Å². The molecular weight excluding hydrogens is 414 g/mol. The van der Waals surface area contributed by atoms with E-state index < -0.39 is 17.1 Å². The first-order valence-electron chi connectivity index (χ1n) is 12.5. The van der Waals surface area contributed by atoms with E-state index in [-0.39, 0.29) is 17.6 Å². The average Bonchev–Trinajstić information content (AvgIpc) is 3.55. The molecule has 2 heterocycles. The summed E-state index contributed by atoms with van der Waals surface area (Å²) in [5.41, 5.74) is 3.70. The molecule has 1 N–H and O–H groups in total. The quantitative estimate of drug-likeness (QED) is 0.752. The van der Waals surface area contributed by atoms with E-state index in [1.807, 2.05) is 0 Å². The number of piperidine rings is 1. The maximum atomic E-state index is 13.3. The van der Waals surface area contributed by atoms with Crippen LogP contribution < -0.4 is 4.74 Å². The lowest BCUT2D eigenvalue weighted by Crippen LogP contribution is -2.77. The molecule has 3 aliphatic carbocycles. The predicted molar refractivity (Wildman–Crippen MR) is 124 cm³/mol. The first-order chi connectivity index (χ1) is 16.0. The van der Waals surface area contributed by atoms with Crippen LogP contribution in [0.1, 0.15) is 54.4 Å². The molecule has 5 aliphatic rings. The molecule has 2 bridgehead atoms. The van der Waals surface area contributed by atoms with E-state index in [4.69, 9.17) is 9.47 Å². The molecule has 5 heteroatoms. The van der Waals surface area contributed by atoms with Crippen molar-refractivity contribution >= 4 is 5.78 Å². The molecule has 5 nitrogen and oxygen atoms in total. The number of nitrogens with zero attached hydrogens (tertiary/aromatic N) is 1. The number of benzene rings is 2. The van der Waals surface area contributed by atoms with Crippen LogP contribution >= 0.6 is 0 Å². The van der Waals surface area contributed by atoms with Gasteiger partial charge >= 0.3 is 0 Å². The second-order valence-corrected chi connectivity index (χ2v) is 10.9. The van der Waals surface area contributed by atoms with Crippen molar-refractivity contribution < 1.29 is 19.4 Å². The third-order valence-corrected chi connectivity index (χ3v) is 9.26. The van der Waals surface area contributed by atoms with Crippen molar-refractivity contribution in [2.45, 2.75) is 75.2 Å². The molecule has 1 spiro atoms. The SMILES string of the molecule is Cc1ccccc1CO[C@@]12CCC(=O)[C@@H]3Oc4c(O)ccc5c4[C@@]31CCN(CC1CC1)C2C5. The van der Waals surface area contributed by atoms with E-state index in [0.29, 0.717) is 18.8 Å². The molecule has 2 saturated carbocycles. The van der Waals surface area contributed by atoms with Crippen LogP contribution in [-0.2, 0) is 28.0 Å². The van der Waals surface area contributed by atoms with Crippen LogP contribution in [0.15, 0.2) is 36.4 Å². The highest BCUT2D eigenvalue weighted by Gasteiger charge is 2.74. The number of carbonyl (C=O) groups is 1. The van der Waals surface area contributed by atoms with Crippen LogP contribution in [0.2, 0.25) is 0 Å². The Kier molecular flexibility index (Phi) is 4.15. The summed E-state index contributed by atoms with van der Waals surface area (Å²) in [6, 6.07) is 12.4. The van der Waals surface area contributed by atoms with E-state index in [2.05, 4.69) is 42.2 Å². The zero-order valence-corrected chi connectivity index (χ0v) is 19.2. The van der Waals surface area contributed by atoms with Gasteiger partial charge in [0.1, 0.15) is 0 Å². The summed E-state index contributed by atoms with van der Waals surface area (Å²) in [4.78, 5) is 16.0. The third kappa shape index (κ3) is 2.58. The van der Waals surface area contributed by atoms with Gasteiger partial charge in [-0.2, -0.15) is 0 Å². The van der Waals surface area contributed by atoms with E-state index in [0.717, 1.165) is 43.8 Å². The highest BCUT2D eigenvalue weighted by atomic mass is 16.5. The fourth-order valence-electron chi connectivity index (χ4n) is 7.51. The molecule has 1 saturated heterocycles. The molecule has 1 unspecified atom stereocenters. The lowest BCUT2D eigenvalue weighted by atomic mass is 9.48. The Bertz CT molecular complexity index is 1160. The topological polar surface area (TPSA) is 59.0 Å². The van der Waals surface area contributed by atoms with Crippen LogP contribution in [0.4, 0.5) is 0 Å². The van der Waals surface area contributed by atoms with Crippen LogP contribution in [0, 0.1) is 12.8 Å². The summed E-state index contributed by atoms with van der Waals surface area (Å²) in [6.07, 6.45) is 5.00. The fraction of sp³-hybridized carbons (Fsp3) is 0.536. The Morgan fingerprint density at radius 3 is 2.85 bits per heavy atom. The van der Waals surface area contributed by atoms with Gasteiger partial charge in [-0.3, -0.25) is 9.69 Å². The molecule has 4 atom stereocenters. The maximum absolute atomic E-state index is 13.3. The van der Waals surface area contributed by atoms with E-state index >= 15 is 0 Å². The minimum absolute atomic E-state index is 0.150. The fourth-order valence-corrected chi connectivity index (χ4v) is 7.51. The average molecular weight is 446 g/mol. The van der Waals surface area contributed by atoms with Gasteiger partial charge in [-0.05, 0) is 74.2 Å². The van der Waals surface area contributed by atoms with Crippen LogP contribution in [-0.4, -0.2) is 46.6 Å². The standard InChI is InChI=1S/C28H31NO4/c1-17-4-2-3-5-20(17)16-32-28-11-10-22(31)26-27(28)12-13-29(15-18-6-7-18)23(28)14-19-8-9-21(30)25(33-26)24(19)27/h2-5,8-9,18,23,26,30H,6-7,10-16H2,1H3/t23?,26-,27-,28+/m0/s1. The third-order valence-electron chi connectivity index (χ3n) is 9.26. The van der Waals surface area contributed by atoms with Gasteiger partial charge in [0, 0.05) is 24.6 Å². The van der Waals surface area contributed by atoms with Gasteiger partial charge in [-0.1, -0.05) is 30.3 Å². The molecule has 2 aromatic rings. The number of hydrogen-bond donors (Lipinski definition) is 1. The molecule has 7 rings (SSSR count). The van der Waals surface area contributed by atoms with E-state index in [9.17, 15) is 9.90 Å². The largest absolute Gasteiger partial charge is 0.504 e.